The molecule has 14 heavy (non-hydrogen) atoms. The highest BCUT2D eigenvalue weighted by atomic mass is 16.4. The lowest BCUT2D eigenvalue weighted by atomic mass is 10.1. The summed E-state index contributed by atoms with van der Waals surface area (Å²) in [5.74, 6) is -1.28. The van der Waals surface area contributed by atoms with E-state index in [2.05, 4.69) is 0 Å². The first kappa shape index (κ1) is 8.32. The second-order valence-corrected chi connectivity index (χ2v) is 2.74. The van der Waals surface area contributed by atoms with E-state index < -0.39 is 5.97 Å². The van der Waals surface area contributed by atoms with Gasteiger partial charge in [0.1, 0.15) is 5.58 Å². The van der Waals surface area contributed by atoms with E-state index in [1.807, 2.05) is 6.07 Å². The van der Waals surface area contributed by atoms with Gasteiger partial charge in [-0.1, -0.05) is 6.07 Å². The lowest BCUT2D eigenvalue weighted by Crippen LogP contribution is -1.91. The minimum absolute atomic E-state index is 0.150. The molecule has 0 unspecified atom stereocenters. The minimum Gasteiger partial charge on any atom is -0.475 e. The summed E-state index contributed by atoms with van der Waals surface area (Å²) >= 11 is 0. The van der Waals surface area contributed by atoms with Crippen molar-refractivity contribution in [1.29, 1.82) is 5.26 Å². The van der Waals surface area contributed by atoms with Crippen LogP contribution in [-0.2, 0) is 0 Å². The van der Waals surface area contributed by atoms with E-state index in [1.165, 1.54) is 6.07 Å². The quantitative estimate of drug-likeness (QED) is 0.740. The van der Waals surface area contributed by atoms with Crippen LogP contribution in [0, 0.1) is 11.3 Å². The Balaban J connectivity index is 2.78. The Morgan fingerprint density at radius 3 is 2.93 bits per heavy atom. The van der Waals surface area contributed by atoms with Crippen molar-refractivity contribution in [3.63, 3.8) is 0 Å². The highest BCUT2D eigenvalue weighted by Gasteiger charge is 2.12. The van der Waals surface area contributed by atoms with Crippen LogP contribution in [0.3, 0.4) is 0 Å². The predicted molar refractivity (Wildman–Crippen MR) is 47.9 cm³/mol. The van der Waals surface area contributed by atoms with Crippen LogP contribution in [0.4, 0.5) is 0 Å². The zero-order valence-corrected chi connectivity index (χ0v) is 7.02. The van der Waals surface area contributed by atoms with Gasteiger partial charge in [0, 0.05) is 11.5 Å². The third-order valence-electron chi connectivity index (χ3n) is 1.89. The van der Waals surface area contributed by atoms with Crippen molar-refractivity contribution in [2.45, 2.75) is 0 Å². The van der Waals surface area contributed by atoms with Gasteiger partial charge in [0.2, 0.25) is 5.76 Å². The van der Waals surface area contributed by atoms with Gasteiger partial charge in [-0.3, -0.25) is 0 Å². The third-order valence-corrected chi connectivity index (χ3v) is 1.89. The Hall–Kier alpha value is -2.28. The van der Waals surface area contributed by atoms with Crippen molar-refractivity contribution in [1.82, 2.24) is 0 Å². The molecule has 68 valence electrons. The van der Waals surface area contributed by atoms with Crippen molar-refractivity contribution < 1.29 is 14.3 Å². The average molecular weight is 187 g/mol. The van der Waals surface area contributed by atoms with E-state index in [9.17, 15) is 4.79 Å². The molecule has 0 saturated carbocycles. The molecule has 2 aromatic rings. The number of fused-ring (bicyclic) bond motifs is 1. The Bertz CT molecular complexity index is 548. The zero-order valence-electron chi connectivity index (χ0n) is 7.02. The summed E-state index contributed by atoms with van der Waals surface area (Å²) in [6, 6.07) is 8.22. The van der Waals surface area contributed by atoms with Crippen LogP contribution in [0.5, 0.6) is 0 Å². The SMILES string of the molecule is N#Cc1cccc2oc(C(=O)O)cc12. The second kappa shape index (κ2) is 2.89. The number of carbonyl (C=O) groups is 1. The van der Waals surface area contributed by atoms with Gasteiger partial charge in [0.25, 0.3) is 0 Å². The number of rotatable bonds is 1. The number of nitrogens with zero attached hydrogens (tertiary/aromatic N) is 1. The number of benzene rings is 1. The molecule has 0 aliphatic rings. The second-order valence-electron chi connectivity index (χ2n) is 2.74. The minimum atomic E-state index is -1.13. The van der Waals surface area contributed by atoms with Gasteiger partial charge in [-0.2, -0.15) is 5.26 Å². The molecule has 1 N–H and O–H groups in total. The van der Waals surface area contributed by atoms with E-state index in [4.69, 9.17) is 14.8 Å². The van der Waals surface area contributed by atoms with Crippen LogP contribution in [0.2, 0.25) is 0 Å². The summed E-state index contributed by atoms with van der Waals surface area (Å²) < 4.78 is 5.02. The summed E-state index contributed by atoms with van der Waals surface area (Å²) in [5, 5.41) is 18.0. The summed E-state index contributed by atoms with van der Waals surface area (Å²) in [5.41, 5.74) is 0.834. The van der Waals surface area contributed by atoms with Crippen LogP contribution in [0.15, 0.2) is 28.7 Å². The fraction of sp³-hybridized carbons (Fsp3) is 0. The Morgan fingerprint density at radius 2 is 2.29 bits per heavy atom. The van der Waals surface area contributed by atoms with Gasteiger partial charge >= 0.3 is 5.97 Å². The summed E-state index contributed by atoms with van der Waals surface area (Å²) in [7, 11) is 0. The smallest absolute Gasteiger partial charge is 0.371 e. The average Bonchev–Trinajstić information content (AvgIpc) is 2.60. The standard InChI is InChI=1S/C10H5NO3/c11-5-6-2-1-3-8-7(6)4-9(14-8)10(12)13/h1-4H,(H,12,13). The molecule has 1 aromatic carbocycles. The molecule has 0 spiro atoms. The van der Waals surface area contributed by atoms with Crippen LogP contribution < -0.4 is 0 Å². The first-order valence-electron chi connectivity index (χ1n) is 3.88. The molecule has 4 nitrogen and oxygen atoms in total. The zero-order chi connectivity index (χ0) is 10.1. The number of furan rings is 1. The van der Waals surface area contributed by atoms with Gasteiger partial charge in [-0.25, -0.2) is 4.79 Å². The molecule has 0 fully saturated rings. The molecule has 0 saturated heterocycles. The lowest BCUT2D eigenvalue weighted by Gasteiger charge is -1.88. The molecule has 2 rings (SSSR count). The molecule has 0 aliphatic carbocycles. The predicted octanol–water partition coefficient (Wildman–Crippen LogP) is 2.00. The Morgan fingerprint density at radius 1 is 1.50 bits per heavy atom. The molecule has 0 atom stereocenters. The number of hydrogen-bond donors (Lipinski definition) is 1. The summed E-state index contributed by atoms with van der Waals surface area (Å²) in [4.78, 5) is 10.6. The largest absolute Gasteiger partial charge is 0.475 e. The summed E-state index contributed by atoms with van der Waals surface area (Å²) in [6.45, 7) is 0. The van der Waals surface area contributed by atoms with Gasteiger partial charge in [0.05, 0.1) is 11.6 Å². The van der Waals surface area contributed by atoms with E-state index in [1.54, 1.807) is 18.2 Å². The van der Waals surface area contributed by atoms with Gasteiger partial charge in [0.15, 0.2) is 0 Å². The maximum atomic E-state index is 10.6. The first-order chi connectivity index (χ1) is 6.72. The third kappa shape index (κ3) is 1.12. The highest BCUT2D eigenvalue weighted by Crippen LogP contribution is 2.22. The fourth-order valence-corrected chi connectivity index (χ4v) is 1.26. The molecule has 1 heterocycles. The Labute approximate surface area is 79.0 Å². The molecule has 0 radical (unpaired) electrons. The van der Waals surface area contributed by atoms with E-state index in [-0.39, 0.29) is 5.76 Å². The number of carboxylic acids is 1. The van der Waals surface area contributed by atoms with Gasteiger partial charge in [-0.15, -0.1) is 0 Å². The van der Waals surface area contributed by atoms with E-state index in [0.29, 0.717) is 16.5 Å². The number of hydrogen-bond acceptors (Lipinski definition) is 3. The fourth-order valence-electron chi connectivity index (χ4n) is 1.26. The molecule has 4 heteroatoms. The summed E-state index contributed by atoms with van der Waals surface area (Å²) in [6.07, 6.45) is 0. The molecule has 0 bridgehead atoms. The topological polar surface area (TPSA) is 74.2 Å². The molecular formula is C10H5NO3. The number of carboxylic acid groups (broad SMARTS) is 1. The van der Waals surface area contributed by atoms with Crippen LogP contribution in [0.1, 0.15) is 16.1 Å². The molecule has 0 aliphatic heterocycles. The highest BCUT2D eigenvalue weighted by molar-refractivity contribution is 5.93. The molecule has 1 aromatic heterocycles. The molecule has 0 amide bonds. The van der Waals surface area contributed by atoms with Crippen molar-refractivity contribution in [3.8, 4) is 6.07 Å². The first-order valence-corrected chi connectivity index (χ1v) is 3.88. The van der Waals surface area contributed by atoms with Crippen molar-refractivity contribution in [2.24, 2.45) is 0 Å². The van der Waals surface area contributed by atoms with Gasteiger partial charge in [-0.05, 0) is 12.1 Å². The van der Waals surface area contributed by atoms with Gasteiger partial charge < -0.3 is 9.52 Å². The van der Waals surface area contributed by atoms with Crippen LogP contribution in [0.25, 0.3) is 11.0 Å². The molecular weight excluding hydrogens is 182 g/mol. The van der Waals surface area contributed by atoms with Crippen molar-refractivity contribution in [2.75, 3.05) is 0 Å². The van der Waals surface area contributed by atoms with E-state index >= 15 is 0 Å². The monoisotopic (exact) mass is 187 g/mol. The number of aromatic carboxylic acids is 1. The maximum absolute atomic E-state index is 10.6. The van der Waals surface area contributed by atoms with Crippen molar-refractivity contribution >= 4 is 16.9 Å². The van der Waals surface area contributed by atoms with Crippen LogP contribution in [-0.4, -0.2) is 11.1 Å². The normalized spacial score (nSPS) is 9.93. The Kier molecular flexibility index (Phi) is 1.72. The van der Waals surface area contributed by atoms with Crippen molar-refractivity contribution in [3.05, 3.63) is 35.6 Å². The van der Waals surface area contributed by atoms with E-state index in [0.717, 1.165) is 0 Å². The number of nitriles is 1. The van der Waals surface area contributed by atoms with Crippen LogP contribution >= 0.6 is 0 Å². The maximum Gasteiger partial charge on any atom is 0.371 e. The lowest BCUT2D eigenvalue weighted by molar-refractivity contribution is 0.0665.